The third kappa shape index (κ3) is 3.15. The van der Waals surface area contributed by atoms with Crippen LogP contribution < -0.4 is 5.32 Å². The molecule has 2 N–H and O–H groups in total. The number of nitrogens with one attached hydrogen (secondary N) is 2. The van der Waals surface area contributed by atoms with Crippen LogP contribution in [0.3, 0.4) is 0 Å². The number of para-hydroxylation sites is 2. The molecule has 0 aliphatic rings. The normalized spacial score (nSPS) is 10.8. The summed E-state index contributed by atoms with van der Waals surface area (Å²) in [4.78, 5) is 20.2. The van der Waals surface area contributed by atoms with Gasteiger partial charge in [0, 0.05) is 16.8 Å². The second-order valence-corrected chi connectivity index (χ2v) is 6.00. The maximum Gasteiger partial charge on any atom is 0.255 e. The predicted octanol–water partition coefficient (Wildman–Crippen LogP) is 4.79. The van der Waals surface area contributed by atoms with Crippen molar-refractivity contribution in [3.05, 3.63) is 83.9 Å². The Kier molecular flexibility index (Phi) is 3.78. The Hall–Kier alpha value is -3.40. The molecule has 0 bridgehead atoms. The summed E-state index contributed by atoms with van der Waals surface area (Å²) in [5, 5.41) is 2.91. The van der Waals surface area contributed by atoms with Gasteiger partial charge in [-0.25, -0.2) is 4.98 Å². The first-order chi connectivity index (χ1) is 12.2. The zero-order chi connectivity index (χ0) is 17.2. The van der Waals surface area contributed by atoms with Gasteiger partial charge in [-0.15, -0.1) is 0 Å². The number of hydrogen-bond donors (Lipinski definition) is 2. The molecule has 1 heterocycles. The summed E-state index contributed by atoms with van der Waals surface area (Å²) in [5.41, 5.74) is 5.46. The molecule has 0 saturated carbocycles. The lowest BCUT2D eigenvalue weighted by Gasteiger charge is -2.06. The minimum Gasteiger partial charge on any atom is -0.338 e. The first-order valence-corrected chi connectivity index (χ1v) is 8.12. The van der Waals surface area contributed by atoms with Gasteiger partial charge in [0.15, 0.2) is 0 Å². The Morgan fingerprint density at radius 3 is 2.36 bits per heavy atom. The molecule has 4 nitrogen and oxygen atoms in total. The van der Waals surface area contributed by atoms with Gasteiger partial charge >= 0.3 is 0 Å². The number of hydrogen-bond acceptors (Lipinski definition) is 2. The summed E-state index contributed by atoms with van der Waals surface area (Å²) in [6, 6.07) is 23.1. The molecule has 0 atom stereocenters. The van der Waals surface area contributed by atoms with Crippen LogP contribution in [0.5, 0.6) is 0 Å². The van der Waals surface area contributed by atoms with Crippen LogP contribution in [0.15, 0.2) is 72.8 Å². The van der Waals surface area contributed by atoms with Crippen molar-refractivity contribution >= 4 is 22.6 Å². The van der Waals surface area contributed by atoms with Crippen LogP contribution in [0, 0.1) is 6.92 Å². The van der Waals surface area contributed by atoms with Crippen LogP contribution in [0.2, 0.25) is 0 Å². The average molecular weight is 327 g/mol. The SMILES string of the molecule is Cc1ccc(C(=O)Nc2ccc(-c3nc4ccccc4[nH]3)cc2)cc1. The maximum absolute atomic E-state index is 12.3. The largest absolute Gasteiger partial charge is 0.338 e. The number of carbonyl (C=O) groups excluding carboxylic acids is 1. The monoisotopic (exact) mass is 327 g/mol. The van der Waals surface area contributed by atoms with Gasteiger partial charge in [0.05, 0.1) is 11.0 Å². The highest BCUT2D eigenvalue weighted by Gasteiger charge is 2.07. The molecule has 0 fully saturated rings. The van der Waals surface area contributed by atoms with Gasteiger partial charge in [0.1, 0.15) is 5.82 Å². The smallest absolute Gasteiger partial charge is 0.255 e. The third-order valence-corrected chi connectivity index (χ3v) is 4.12. The number of aromatic amines is 1. The molecular weight excluding hydrogens is 310 g/mol. The molecule has 4 aromatic rings. The number of aromatic nitrogens is 2. The number of rotatable bonds is 3. The lowest BCUT2D eigenvalue weighted by atomic mass is 10.1. The van der Waals surface area contributed by atoms with E-state index in [1.165, 1.54) is 0 Å². The van der Waals surface area contributed by atoms with E-state index >= 15 is 0 Å². The fourth-order valence-corrected chi connectivity index (χ4v) is 2.71. The Labute approximate surface area is 145 Å². The van der Waals surface area contributed by atoms with Gasteiger partial charge in [-0.2, -0.15) is 0 Å². The number of H-pyrrole nitrogens is 1. The highest BCUT2D eigenvalue weighted by Crippen LogP contribution is 2.22. The zero-order valence-electron chi connectivity index (χ0n) is 13.8. The van der Waals surface area contributed by atoms with Gasteiger partial charge < -0.3 is 10.3 Å². The van der Waals surface area contributed by atoms with E-state index in [0.717, 1.165) is 33.7 Å². The number of imidazole rings is 1. The van der Waals surface area contributed by atoms with E-state index in [4.69, 9.17) is 0 Å². The number of amides is 1. The van der Waals surface area contributed by atoms with Crippen molar-refractivity contribution in [3.8, 4) is 11.4 Å². The summed E-state index contributed by atoms with van der Waals surface area (Å²) >= 11 is 0. The summed E-state index contributed by atoms with van der Waals surface area (Å²) < 4.78 is 0. The number of anilines is 1. The summed E-state index contributed by atoms with van der Waals surface area (Å²) in [5.74, 6) is 0.703. The predicted molar refractivity (Wildman–Crippen MR) is 101 cm³/mol. The van der Waals surface area contributed by atoms with Crippen molar-refractivity contribution in [3.63, 3.8) is 0 Å². The van der Waals surface area contributed by atoms with Crippen molar-refractivity contribution in [1.29, 1.82) is 0 Å². The third-order valence-electron chi connectivity index (χ3n) is 4.12. The molecule has 1 amide bonds. The van der Waals surface area contributed by atoms with E-state index in [-0.39, 0.29) is 5.91 Å². The molecular formula is C21H17N3O. The summed E-state index contributed by atoms with van der Waals surface area (Å²) in [6.45, 7) is 2.00. The number of carbonyl (C=O) groups is 1. The van der Waals surface area contributed by atoms with Gasteiger partial charge in [0.25, 0.3) is 5.91 Å². The van der Waals surface area contributed by atoms with Crippen LogP contribution in [-0.2, 0) is 0 Å². The lowest BCUT2D eigenvalue weighted by molar-refractivity contribution is 0.102. The molecule has 0 saturated heterocycles. The van der Waals surface area contributed by atoms with Crippen LogP contribution in [0.25, 0.3) is 22.4 Å². The maximum atomic E-state index is 12.3. The van der Waals surface area contributed by atoms with E-state index in [0.29, 0.717) is 5.56 Å². The highest BCUT2D eigenvalue weighted by molar-refractivity contribution is 6.04. The highest BCUT2D eigenvalue weighted by atomic mass is 16.1. The number of nitrogens with zero attached hydrogens (tertiary/aromatic N) is 1. The lowest BCUT2D eigenvalue weighted by Crippen LogP contribution is -2.11. The molecule has 4 heteroatoms. The van der Waals surface area contributed by atoms with Crippen LogP contribution in [0.1, 0.15) is 15.9 Å². The second kappa shape index (κ2) is 6.24. The Morgan fingerprint density at radius 2 is 1.64 bits per heavy atom. The van der Waals surface area contributed by atoms with Crippen molar-refractivity contribution in [2.75, 3.05) is 5.32 Å². The minimum atomic E-state index is -0.114. The molecule has 1 aromatic heterocycles. The minimum absolute atomic E-state index is 0.114. The number of fused-ring (bicyclic) bond motifs is 1. The molecule has 0 aliphatic carbocycles. The second-order valence-electron chi connectivity index (χ2n) is 6.00. The Bertz CT molecular complexity index is 998. The van der Waals surface area contributed by atoms with E-state index in [1.807, 2.05) is 79.7 Å². The van der Waals surface area contributed by atoms with Gasteiger partial charge in [0.2, 0.25) is 0 Å². The molecule has 25 heavy (non-hydrogen) atoms. The van der Waals surface area contributed by atoms with E-state index in [1.54, 1.807) is 0 Å². The number of benzene rings is 3. The fourth-order valence-electron chi connectivity index (χ4n) is 2.71. The van der Waals surface area contributed by atoms with Gasteiger partial charge in [-0.05, 0) is 55.5 Å². The first kappa shape index (κ1) is 15.1. The molecule has 122 valence electrons. The van der Waals surface area contributed by atoms with Crippen LogP contribution >= 0.6 is 0 Å². The Balaban J connectivity index is 1.53. The molecule has 0 spiro atoms. The zero-order valence-corrected chi connectivity index (χ0v) is 13.8. The number of aryl methyl sites for hydroxylation is 1. The quantitative estimate of drug-likeness (QED) is 0.568. The van der Waals surface area contributed by atoms with E-state index < -0.39 is 0 Å². The molecule has 4 rings (SSSR count). The molecule has 0 aliphatic heterocycles. The van der Waals surface area contributed by atoms with Gasteiger partial charge in [-0.1, -0.05) is 29.8 Å². The first-order valence-electron chi connectivity index (χ1n) is 8.12. The van der Waals surface area contributed by atoms with E-state index in [9.17, 15) is 4.79 Å². The van der Waals surface area contributed by atoms with Crippen molar-refractivity contribution < 1.29 is 4.79 Å². The summed E-state index contributed by atoms with van der Waals surface area (Å²) in [7, 11) is 0. The van der Waals surface area contributed by atoms with Crippen LogP contribution in [-0.4, -0.2) is 15.9 Å². The van der Waals surface area contributed by atoms with Crippen molar-refractivity contribution in [1.82, 2.24) is 9.97 Å². The van der Waals surface area contributed by atoms with Gasteiger partial charge in [-0.3, -0.25) is 4.79 Å². The van der Waals surface area contributed by atoms with Crippen molar-refractivity contribution in [2.24, 2.45) is 0 Å². The topological polar surface area (TPSA) is 57.8 Å². The molecule has 0 radical (unpaired) electrons. The molecule has 0 unspecified atom stereocenters. The molecule has 3 aromatic carbocycles. The Morgan fingerprint density at radius 1 is 0.920 bits per heavy atom. The average Bonchev–Trinajstić information content (AvgIpc) is 3.07. The standard InChI is InChI=1S/C21H17N3O/c1-14-6-8-16(9-7-14)21(25)22-17-12-10-15(11-13-17)20-23-18-4-2-3-5-19(18)24-20/h2-13H,1H3,(H,22,25)(H,23,24). The fraction of sp³-hybridized carbons (Fsp3) is 0.0476. The summed E-state index contributed by atoms with van der Waals surface area (Å²) in [6.07, 6.45) is 0. The van der Waals surface area contributed by atoms with Crippen LogP contribution in [0.4, 0.5) is 5.69 Å². The van der Waals surface area contributed by atoms with Crippen molar-refractivity contribution in [2.45, 2.75) is 6.92 Å². The van der Waals surface area contributed by atoms with E-state index in [2.05, 4.69) is 15.3 Å².